The van der Waals surface area contributed by atoms with Gasteiger partial charge in [0, 0.05) is 12.4 Å². The summed E-state index contributed by atoms with van der Waals surface area (Å²) in [5.41, 5.74) is 0.756. The van der Waals surface area contributed by atoms with Gasteiger partial charge in [0.2, 0.25) is 5.91 Å². The molecule has 120 valence electrons. The van der Waals surface area contributed by atoms with Gasteiger partial charge in [-0.2, -0.15) is 4.31 Å². The van der Waals surface area contributed by atoms with Crippen molar-refractivity contribution >= 4 is 50.2 Å². The van der Waals surface area contributed by atoms with E-state index in [0.29, 0.717) is 4.34 Å². The highest BCUT2D eigenvalue weighted by Crippen LogP contribution is 2.27. The van der Waals surface area contributed by atoms with Gasteiger partial charge in [-0.25, -0.2) is 13.4 Å². The number of carbonyl (C=O) groups excluding carboxylic acids is 1. The molecule has 2 heterocycles. The molecule has 0 spiro atoms. The molecule has 2 rings (SSSR count). The van der Waals surface area contributed by atoms with Gasteiger partial charge in [0.1, 0.15) is 4.21 Å². The summed E-state index contributed by atoms with van der Waals surface area (Å²) in [7, 11) is -2.34. The van der Waals surface area contributed by atoms with Gasteiger partial charge in [-0.1, -0.05) is 11.6 Å². The van der Waals surface area contributed by atoms with Crippen LogP contribution in [0.4, 0.5) is 0 Å². The lowest BCUT2D eigenvalue weighted by atomic mass is 10.4. The molecule has 0 aliphatic heterocycles. The van der Waals surface area contributed by atoms with E-state index in [1.54, 1.807) is 0 Å². The molecule has 1 N–H and O–H groups in total. The Hall–Kier alpha value is -1.000. The average molecular weight is 380 g/mol. The second kappa shape index (κ2) is 7.05. The van der Waals surface area contributed by atoms with E-state index >= 15 is 0 Å². The number of nitrogens with zero attached hydrogens (tertiary/aromatic N) is 2. The second-order valence-electron chi connectivity index (χ2n) is 4.45. The summed E-state index contributed by atoms with van der Waals surface area (Å²) in [4.78, 5) is 16.1. The highest BCUT2D eigenvalue weighted by molar-refractivity contribution is 7.91. The van der Waals surface area contributed by atoms with Crippen LogP contribution < -0.4 is 5.32 Å². The Morgan fingerprint density at radius 3 is 2.73 bits per heavy atom. The number of carbonyl (C=O) groups is 1. The number of hydrogen-bond donors (Lipinski definition) is 1. The molecular weight excluding hydrogens is 366 g/mol. The maximum absolute atomic E-state index is 12.2. The zero-order valence-electron chi connectivity index (χ0n) is 11.9. The van der Waals surface area contributed by atoms with E-state index in [4.69, 9.17) is 11.6 Å². The third kappa shape index (κ3) is 4.26. The van der Waals surface area contributed by atoms with E-state index in [2.05, 4.69) is 10.3 Å². The van der Waals surface area contributed by atoms with Crippen LogP contribution in [0.3, 0.4) is 0 Å². The number of thiophene rings is 1. The summed E-state index contributed by atoms with van der Waals surface area (Å²) in [5, 5.41) is 5.41. The third-order valence-corrected chi connectivity index (χ3v) is 7.04. The van der Waals surface area contributed by atoms with E-state index in [1.165, 1.54) is 30.5 Å². The minimum absolute atomic E-state index is 0.114. The first-order valence-electron chi connectivity index (χ1n) is 6.18. The van der Waals surface area contributed by atoms with Crippen LogP contribution in [-0.4, -0.2) is 37.2 Å². The quantitative estimate of drug-likeness (QED) is 0.833. The Morgan fingerprint density at radius 1 is 1.45 bits per heavy atom. The van der Waals surface area contributed by atoms with Gasteiger partial charge < -0.3 is 5.32 Å². The van der Waals surface area contributed by atoms with Crippen molar-refractivity contribution < 1.29 is 13.2 Å². The average Bonchev–Trinajstić information content (AvgIpc) is 3.05. The van der Waals surface area contributed by atoms with Crippen LogP contribution in [-0.2, 0) is 21.4 Å². The van der Waals surface area contributed by atoms with E-state index in [0.717, 1.165) is 26.3 Å². The number of aromatic nitrogens is 1. The van der Waals surface area contributed by atoms with Crippen molar-refractivity contribution in [2.24, 2.45) is 0 Å². The number of aryl methyl sites for hydroxylation is 1. The summed E-state index contributed by atoms with van der Waals surface area (Å²) in [5.74, 6) is -0.389. The lowest BCUT2D eigenvalue weighted by Gasteiger charge is -2.15. The van der Waals surface area contributed by atoms with Crippen molar-refractivity contribution in [3.8, 4) is 0 Å². The van der Waals surface area contributed by atoms with E-state index in [1.807, 2.05) is 12.3 Å². The van der Waals surface area contributed by atoms with Crippen molar-refractivity contribution in [1.29, 1.82) is 0 Å². The molecule has 6 nitrogen and oxygen atoms in total. The van der Waals surface area contributed by atoms with Gasteiger partial charge in [-0.15, -0.1) is 22.7 Å². The molecule has 0 bridgehead atoms. The molecule has 2 aromatic rings. The monoisotopic (exact) mass is 379 g/mol. The Labute approximate surface area is 141 Å². The predicted molar refractivity (Wildman–Crippen MR) is 87.8 cm³/mol. The number of halogens is 1. The summed E-state index contributed by atoms with van der Waals surface area (Å²) < 4.78 is 26.0. The van der Waals surface area contributed by atoms with Crippen molar-refractivity contribution in [3.05, 3.63) is 32.6 Å². The smallest absolute Gasteiger partial charge is 0.252 e. The van der Waals surface area contributed by atoms with E-state index in [-0.39, 0.29) is 23.2 Å². The highest BCUT2D eigenvalue weighted by Gasteiger charge is 2.24. The molecule has 0 unspecified atom stereocenters. The number of rotatable bonds is 6. The van der Waals surface area contributed by atoms with Gasteiger partial charge in [0.15, 0.2) is 0 Å². The first-order valence-corrected chi connectivity index (χ1v) is 9.70. The van der Waals surface area contributed by atoms with Crippen LogP contribution in [0.15, 0.2) is 21.7 Å². The topological polar surface area (TPSA) is 79.4 Å². The lowest BCUT2D eigenvalue weighted by molar-refractivity contribution is -0.121. The van der Waals surface area contributed by atoms with Gasteiger partial charge in [0.25, 0.3) is 10.0 Å². The zero-order valence-corrected chi connectivity index (χ0v) is 15.1. The Morgan fingerprint density at radius 2 is 2.18 bits per heavy atom. The molecule has 0 aromatic carbocycles. The fourth-order valence-electron chi connectivity index (χ4n) is 1.61. The number of hydrogen-bond acceptors (Lipinski definition) is 6. The Balaban J connectivity index is 1.93. The van der Waals surface area contributed by atoms with Gasteiger partial charge in [-0.3, -0.25) is 4.79 Å². The molecule has 0 saturated heterocycles. The number of likely N-dealkylation sites (N-methyl/N-ethyl adjacent to an activating group) is 1. The molecule has 0 fully saturated rings. The minimum Gasteiger partial charge on any atom is -0.349 e. The Kier molecular flexibility index (Phi) is 5.56. The van der Waals surface area contributed by atoms with Crippen molar-refractivity contribution in [2.45, 2.75) is 17.7 Å². The summed E-state index contributed by atoms with van der Waals surface area (Å²) >= 11 is 8.20. The molecular formula is C12H14ClN3O3S3. The SMILES string of the molecule is Cc1nc(CNC(=O)CN(C)S(=O)(=O)c2ccc(Cl)s2)cs1. The van der Waals surface area contributed by atoms with E-state index < -0.39 is 10.0 Å². The largest absolute Gasteiger partial charge is 0.349 e. The van der Waals surface area contributed by atoms with E-state index in [9.17, 15) is 13.2 Å². The third-order valence-electron chi connectivity index (χ3n) is 2.71. The standard InChI is InChI=1S/C12H14ClN3O3S3/c1-8-15-9(7-20-8)5-14-11(17)6-16(2)22(18,19)12-4-3-10(13)21-12/h3-4,7H,5-6H2,1-2H3,(H,14,17). The lowest BCUT2D eigenvalue weighted by Crippen LogP contribution is -2.37. The van der Waals surface area contributed by atoms with Crippen LogP contribution in [0.1, 0.15) is 10.7 Å². The fourth-order valence-corrected chi connectivity index (χ4v) is 5.04. The molecule has 2 aromatic heterocycles. The molecule has 0 saturated carbocycles. The molecule has 1 amide bonds. The van der Waals surface area contributed by atoms with Gasteiger partial charge >= 0.3 is 0 Å². The van der Waals surface area contributed by atoms with Crippen LogP contribution >= 0.6 is 34.3 Å². The maximum atomic E-state index is 12.2. The van der Waals surface area contributed by atoms with Crippen LogP contribution in [0.25, 0.3) is 0 Å². The number of thiazole rings is 1. The molecule has 0 radical (unpaired) electrons. The number of sulfonamides is 1. The predicted octanol–water partition coefficient (Wildman–Crippen LogP) is 2.10. The zero-order chi connectivity index (χ0) is 16.3. The number of amides is 1. The normalized spacial score (nSPS) is 11.8. The first-order chi connectivity index (χ1) is 10.3. The maximum Gasteiger partial charge on any atom is 0.252 e. The molecule has 10 heteroatoms. The fraction of sp³-hybridized carbons (Fsp3) is 0.333. The molecule has 0 aliphatic carbocycles. The number of nitrogens with one attached hydrogen (secondary N) is 1. The van der Waals surface area contributed by atoms with Gasteiger partial charge in [0.05, 0.1) is 28.1 Å². The first kappa shape index (κ1) is 17.4. The minimum atomic E-state index is -3.70. The van der Waals surface area contributed by atoms with Crippen LogP contribution in [0, 0.1) is 6.92 Å². The molecule has 0 atom stereocenters. The summed E-state index contributed by atoms with van der Waals surface area (Å²) in [6, 6.07) is 2.94. The van der Waals surface area contributed by atoms with Crippen LogP contribution in [0.5, 0.6) is 0 Å². The summed E-state index contributed by atoms with van der Waals surface area (Å²) in [6.45, 7) is 1.89. The highest BCUT2D eigenvalue weighted by atomic mass is 35.5. The van der Waals surface area contributed by atoms with Crippen molar-refractivity contribution in [3.63, 3.8) is 0 Å². The Bertz CT molecular complexity index is 769. The molecule has 0 aliphatic rings. The van der Waals surface area contributed by atoms with Crippen molar-refractivity contribution in [2.75, 3.05) is 13.6 Å². The van der Waals surface area contributed by atoms with Gasteiger partial charge in [-0.05, 0) is 19.1 Å². The summed E-state index contributed by atoms with van der Waals surface area (Å²) in [6.07, 6.45) is 0. The second-order valence-corrected chi connectivity index (χ2v) is 9.50. The molecule has 22 heavy (non-hydrogen) atoms. The van der Waals surface area contributed by atoms with Crippen LogP contribution in [0.2, 0.25) is 4.34 Å². The van der Waals surface area contributed by atoms with Crippen molar-refractivity contribution in [1.82, 2.24) is 14.6 Å².